The van der Waals surface area contributed by atoms with Gasteiger partial charge in [0.05, 0.1) is 12.6 Å². The Bertz CT molecular complexity index is 126. The van der Waals surface area contributed by atoms with Gasteiger partial charge in [0.1, 0.15) is 0 Å². The monoisotopic (exact) mass is 130 g/mol. The van der Waals surface area contributed by atoms with Gasteiger partial charge in [-0.2, -0.15) is 0 Å². The summed E-state index contributed by atoms with van der Waals surface area (Å²) in [6, 6.07) is -0.133. The number of amides is 2. The van der Waals surface area contributed by atoms with Crippen molar-refractivity contribution in [2.24, 2.45) is 0 Å². The third-order valence-electron chi connectivity index (χ3n) is 1.57. The van der Waals surface area contributed by atoms with Crippen molar-refractivity contribution in [2.75, 3.05) is 20.2 Å². The van der Waals surface area contributed by atoms with E-state index in [-0.39, 0.29) is 18.7 Å². The molecular formula is C5H10N2O2. The molecule has 0 aromatic heterocycles. The van der Waals surface area contributed by atoms with E-state index in [9.17, 15) is 4.79 Å². The number of aliphatic hydroxyl groups is 1. The van der Waals surface area contributed by atoms with Crippen LogP contribution in [0.3, 0.4) is 0 Å². The molecule has 1 unspecified atom stereocenters. The number of rotatable bonds is 1. The highest BCUT2D eigenvalue weighted by molar-refractivity contribution is 5.76. The van der Waals surface area contributed by atoms with Gasteiger partial charge in [-0.1, -0.05) is 0 Å². The molecule has 52 valence electrons. The van der Waals surface area contributed by atoms with Crippen LogP contribution in [-0.4, -0.2) is 42.3 Å². The zero-order valence-electron chi connectivity index (χ0n) is 5.29. The summed E-state index contributed by atoms with van der Waals surface area (Å²) >= 11 is 0. The number of hydrogen-bond donors (Lipinski definition) is 2. The highest BCUT2D eigenvalue weighted by atomic mass is 16.3. The Hall–Kier alpha value is -0.770. The second kappa shape index (κ2) is 2.23. The van der Waals surface area contributed by atoms with E-state index in [0.29, 0.717) is 6.54 Å². The molecule has 0 radical (unpaired) electrons. The second-order valence-corrected chi connectivity index (χ2v) is 2.13. The Kier molecular flexibility index (Phi) is 1.57. The summed E-state index contributed by atoms with van der Waals surface area (Å²) in [5.41, 5.74) is 0. The van der Waals surface area contributed by atoms with Crippen LogP contribution in [0.2, 0.25) is 0 Å². The van der Waals surface area contributed by atoms with Crippen LogP contribution in [-0.2, 0) is 0 Å². The van der Waals surface area contributed by atoms with Crippen molar-refractivity contribution >= 4 is 6.03 Å². The quantitative estimate of drug-likeness (QED) is 0.478. The third-order valence-corrected chi connectivity index (χ3v) is 1.57. The van der Waals surface area contributed by atoms with Crippen LogP contribution in [0.5, 0.6) is 0 Å². The van der Waals surface area contributed by atoms with Crippen molar-refractivity contribution in [2.45, 2.75) is 6.04 Å². The van der Waals surface area contributed by atoms with E-state index in [1.165, 1.54) is 4.90 Å². The van der Waals surface area contributed by atoms with Crippen molar-refractivity contribution in [3.05, 3.63) is 0 Å². The van der Waals surface area contributed by atoms with Crippen LogP contribution in [0.1, 0.15) is 0 Å². The standard InChI is InChI=1S/C5H10N2O2/c1-7-4(3-8)2-6-5(7)9/h4,8H,2-3H2,1H3,(H,6,9). The lowest BCUT2D eigenvalue weighted by Crippen LogP contribution is -2.32. The topological polar surface area (TPSA) is 52.6 Å². The van der Waals surface area contributed by atoms with E-state index in [1.807, 2.05) is 0 Å². The molecule has 1 heterocycles. The molecule has 4 nitrogen and oxygen atoms in total. The van der Waals surface area contributed by atoms with Gasteiger partial charge in [0.2, 0.25) is 0 Å². The van der Waals surface area contributed by atoms with E-state index < -0.39 is 0 Å². The fourth-order valence-electron chi connectivity index (χ4n) is 0.820. The van der Waals surface area contributed by atoms with Crippen molar-refractivity contribution in [3.8, 4) is 0 Å². The minimum absolute atomic E-state index is 0.0301. The van der Waals surface area contributed by atoms with Gasteiger partial charge in [-0.15, -0.1) is 0 Å². The first-order chi connectivity index (χ1) is 4.25. The lowest BCUT2D eigenvalue weighted by molar-refractivity contribution is 0.181. The number of hydrogen-bond acceptors (Lipinski definition) is 2. The van der Waals surface area contributed by atoms with E-state index in [0.717, 1.165) is 0 Å². The fourth-order valence-corrected chi connectivity index (χ4v) is 0.820. The maximum atomic E-state index is 10.6. The molecule has 0 saturated carbocycles. The zero-order valence-corrected chi connectivity index (χ0v) is 5.29. The molecule has 0 bridgehead atoms. The summed E-state index contributed by atoms with van der Waals surface area (Å²) in [6.07, 6.45) is 0. The van der Waals surface area contributed by atoms with Crippen molar-refractivity contribution in [1.29, 1.82) is 0 Å². The van der Waals surface area contributed by atoms with Gasteiger partial charge in [-0.3, -0.25) is 0 Å². The van der Waals surface area contributed by atoms with Crippen LogP contribution in [0.4, 0.5) is 4.79 Å². The Morgan fingerprint density at radius 2 is 2.67 bits per heavy atom. The SMILES string of the molecule is CN1C(=O)NCC1CO. The van der Waals surface area contributed by atoms with Crippen LogP contribution in [0, 0.1) is 0 Å². The van der Waals surface area contributed by atoms with Crippen molar-refractivity contribution in [3.63, 3.8) is 0 Å². The number of carbonyl (C=O) groups excluding carboxylic acids is 1. The Labute approximate surface area is 53.5 Å². The van der Waals surface area contributed by atoms with E-state index in [2.05, 4.69) is 5.32 Å². The van der Waals surface area contributed by atoms with Crippen molar-refractivity contribution < 1.29 is 9.90 Å². The molecule has 1 saturated heterocycles. The molecule has 4 heteroatoms. The molecule has 0 aromatic carbocycles. The molecule has 1 rings (SSSR count). The molecular weight excluding hydrogens is 120 g/mol. The molecule has 1 aliphatic heterocycles. The first-order valence-corrected chi connectivity index (χ1v) is 2.87. The molecule has 0 aliphatic carbocycles. The van der Waals surface area contributed by atoms with Gasteiger partial charge < -0.3 is 15.3 Å². The van der Waals surface area contributed by atoms with Gasteiger partial charge in [-0.05, 0) is 0 Å². The molecule has 0 aromatic rings. The molecule has 9 heavy (non-hydrogen) atoms. The zero-order chi connectivity index (χ0) is 6.85. The average Bonchev–Trinajstić information content (AvgIpc) is 2.15. The van der Waals surface area contributed by atoms with Crippen molar-refractivity contribution in [1.82, 2.24) is 10.2 Å². The van der Waals surface area contributed by atoms with Gasteiger partial charge in [0.25, 0.3) is 0 Å². The predicted molar refractivity (Wildman–Crippen MR) is 32.0 cm³/mol. The van der Waals surface area contributed by atoms with E-state index >= 15 is 0 Å². The lowest BCUT2D eigenvalue weighted by Gasteiger charge is -2.13. The largest absolute Gasteiger partial charge is 0.394 e. The molecule has 1 atom stereocenters. The third kappa shape index (κ3) is 0.977. The Morgan fingerprint density at radius 3 is 2.89 bits per heavy atom. The van der Waals surface area contributed by atoms with Gasteiger partial charge >= 0.3 is 6.03 Å². The highest BCUT2D eigenvalue weighted by Crippen LogP contribution is 2.01. The first-order valence-electron chi connectivity index (χ1n) is 2.87. The molecule has 2 amide bonds. The molecule has 1 fully saturated rings. The number of nitrogens with one attached hydrogen (secondary N) is 1. The summed E-state index contributed by atoms with van der Waals surface area (Å²) in [7, 11) is 1.67. The van der Waals surface area contributed by atoms with Crippen LogP contribution < -0.4 is 5.32 Å². The highest BCUT2D eigenvalue weighted by Gasteiger charge is 2.25. The van der Waals surface area contributed by atoms with Gasteiger partial charge in [0.15, 0.2) is 0 Å². The first kappa shape index (κ1) is 6.35. The summed E-state index contributed by atoms with van der Waals surface area (Å²) in [6.45, 7) is 0.598. The number of urea groups is 1. The number of nitrogens with zero attached hydrogens (tertiary/aromatic N) is 1. The van der Waals surface area contributed by atoms with Crippen LogP contribution >= 0.6 is 0 Å². The Balaban J connectivity index is 2.51. The number of likely N-dealkylation sites (N-methyl/N-ethyl adjacent to an activating group) is 1. The number of carbonyl (C=O) groups is 1. The Morgan fingerprint density at radius 1 is 2.00 bits per heavy atom. The summed E-state index contributed by atoms with van der Waals surface area (Å²) in [5, 5.41) is 11.2. The van der Waals surface area contributed by atoms with Gasteiger partial charge in [0, 0.05) is 13.6 Å². The summed E-state index contributed by atoms with van der Waals surface area (Å²) < 4.78 is 0. The second-order valence-electron chi connectivity index (χ2n) is 2.13. The summed E-state index contributed by atoms with van der Waals surface area (Å²) in [5.74, 6) is 0. The molecule has 1 aliphatic rings. The smallest absolute Gasteiger partial charge is 0.317 e. The maximum Gasteiger partial charge on any atom is 0.317 e. The van der Waals surface area contributed by atoms with E-state index in [1.54, 1.807) is 7.05 Å². The summed E-state index contributed by atoms with van der Waals surface area (Å²) in [4.78, 5) is 12.1. The molecule has 0 spiro atoms. The normalized spacial score (nSPS) is 26.7. The van der Waals surface area contributed by atoms with Crippen LogP contribution in [0.25, 0.3) is 0 Å². The lowest BCUT2D eigenvalue weighted by atomic mass is 10.3. The number of aliphatic hydroxyl groups excluding tert-OH is 1. The van der Waals surface area contributed by atoms with Gasteiger partial charge in [-0.25, -0.2) is 4.79 Å². The average molecular weight is 130 g/mol. The maximum absolute atomic E-state index is 10.6. The minimum Gasteiger partial charge on any atom is -0.394 e. The van der Waals surface area contributed by atoms with E-state index in [4.69, 9.17) is 5.11 Å². The van der Waals surface area contributed by atoms with Crippen LogP contribution in [0.15, 0.2) is 0 Å². The predicted octanol–water partition coefficient (Wildman–Crippen LogP) is -0.998. The minimum atomic E-state index is -0.103. The fraction of sp³-hybridized carbons (Fsp3) is 0.800. The molecule has 2 N–H and O–H groups in total.